The van der Waals surface area contributed by atoms with Crippen molar-refractivity contribution in [2.45, 2.75) is 46.3 Å². The van der Waals surface area contributed by atoms with Crippen LogP contribution in [0.15, 0.2) is 22.7 Å². The third-order valence-corrected chi connectivity index (χ3v) is 3.41. The lowest BCUT2D eigenvalue weighted by Gasteiger charge is -2.21. The number of ether oxygens (including phenoxy) is 1. The van der Waals surface area contributed by atoms with Crippen molar-refractivity contribution >= 4 is 0 Å². The Morgan fingerprint density at radius 3 is 2.62 bits per heavy atom. The zero-order valence-electron chi connectivity index (χ0n) is 13.3. The Hall–Kier alpha value is -1.72. The molecule has 0 spiro atoms. The van der Waals surface area contributed by atoms with E-state index >= 15 is 0 Å². The molecule has 21 heavy (non-hydrogen) atoms. The van der Waals surface area contributed by atoms with Gasteiger partial charge in [0.25, 0.3) is 5.89 Å². The Morgan fingerprint density at radius 1 is 1.29 bits per heavy atom. The maximum Gasteiger partial charge on any atom is 0.258 e. The van der Waals surface area contributed by atoms with Crippen molar-refractivity contribution in [1.82, 2.24) is 10.1 Å². The minimum atomic E-state index is -0.772. The first-order valence-electron chi connectivity index (χ1n) is 7.12. The van der Waals surface area contributed by atoms with Gasteiger partial charge in [-0.05, 0) is 57.9 Å². The van der Waals surface area contributed by atoms with E-state index < -0.39 is 5.54 Å². The molecule has 2 N–H and O–H groups in total. The van der Waals surface area contributed by atoms with Crippen LogP contribution in [0.1, 0.15) is 37.7 Å². The predicted octanol–water partition coefficient (Wildman–Crippen LogP) is 2.95. The van der Waals surface area contributed by atoms with Gasteiger partial charge in [0.05, 0.1) is 12.7 Å². The second-order valence-electron chi connectivity index (χ2n) is 6.00. The van der Waals surface area contributed by atoms with E-state index in [9.17, 15) is 0 Å². The smallest absolute Gasteiger partial charge is 0.258 e. The number of aryl methyl sites for hydroxylation is 2. The highest BCUT2D eigenvalue weighted by molar-refractivity contribution is 5.55. The van der Waals surface area contributed by atoms with Gasteiger partial charge < -0.3 is 15.0 Å². The van der Waals surface area contributed by atoms with Crippen molar-refractivity contribution in [2.24, 2.45) is 5.73 Å². The summed E-state index contributed by atoms with van der Waals surface area (Å²) in [5, 5.41) is 4.00. The molecule has 0 saturated carbocycles. The summed E-state index contributed by atoms with van der Waals surface area (Å²) in [6, 6.07) is 6.04. The van der Waals surface area contributed by atoms with Crippen LogP contribution >= 0.6 is 0 Å². The molecule has 1 aromatic heterocycles. The minimum Gasteiger partial charge on any atom is -0.376 e. The standard InChI is InChI=1S/C16H23N3O2/c1-10(2)20-9-16(5,17)15-18-14(21-19-15)13-7-6-11(3)12(4)8-13/h6-8,10H,9,17H2,1-5H3. The van der Waals surface area contributed by atoms with E-state index in [4.69, 9.17) is 15.0 Å². The molecular formula is C16H23N3O2. The molecule has 2 aromatic rings. The van der Waals surface area contributed by atoms with E-state index in [1.807, 2.05) is 39.0 Å². The summed E-state index contributed by atoms with van der Waals surface area (Å²) in [5.41, 5.74) is 8.77. The van der Waals surface area contributed by atoms with Crippen LogP contribution in [0.5, 0.6) is 0 Å². The van der Waals surface area contributed by atoms with Crippen molar-refractivity contribution in [3.63, 3.8) is 0 Å². The number of nitrogens with two attached hydrogens (primary N) is 1. The fourth-order valence-electron chi connectivity index (χ4n) is 1.85. The fourth-order valence-corrected chi connectivity index (χ4v) is 1.85. The summed E-state index contributed by atoms with van der Waals surface area (Å²) in [6.45, 7) is 10.2. The van der Waals surface area contributed by atoms with Crippen LogP contribution in [-0.2, 0) is 10.3 Å². The molecule has 1 heterocycles. The van der Waals surface area contributed by atoms with E-state index in [0.717, 1.165) is 5.56 Å². The molecule has 5 nitrogen and oxygen atoms in total. The Balaban J connectivity index is 2.22. The molecule has 5 heteroatoms. The molecule has 1 atom stereocenters. The van der Waals surface area contributed by atoms with Crippen LogP contribution in [0.2, 0.25) is 0 Å². The topological polar surface area (TPSA) is 74.2 Å². The van der Waals surface area contributed by atoms with Gasteiger partial charge in [-0.1, -0.05) is 11.2 Å². The minimum absolute atomic E-state index is 0.110. The molecule has 0 amide bonds. The van der Waals surface area contributed by atoms with Crippen molar-refractivity contribution in [2.75, 3.05) is 6.61 Å². The Labute approximate surface area is 125 Å². The maximum absolute atomic E-state index is 6.22. The van der Waals surface area contributed by atoms with Gasteiger partial charge in [0.2, 0.25) is 0 Å². The van der Waals surface area contributed by atoms with Crippen LogP contribution in [0, 0.1) is 13.8 Å². The molecule has 0 aliphatic rings. The summed E-state index contributed by atoms with van der Waals surface area (Å²) in [6.07, 6.45) is 0.110. The number of nitrogens with zero attached hydrogens (tertiary/aromatic N) is 2. The normalized spacial score (nSPS) is 14.4. The fraction of sp³-hybridized carbons (Fsp3) is 0.500. The lowest BCUT2D eigenvalue weighted by Crippen LogP contribution is -2.40. The quantitative estimate of drug-likeness (QED) is 0.916. The van der Waals surface area contributed by atoms with Crippen LogP contribution in [0.3, 0.4) is 0 Å². The summed E-state index contributed by atoms with van der Waals surface area (Å²) >= 11 is 0. The zero-order chi connectivity index (χ0) is 15.6. The predicted molar refractivity (Wildman–Crippen MR) is 81.8 cm³/mol. The zero-order valence-corrected chi connectivity index (χ0v) is 13.3. The first-order chi connectivity index (χ1) is 9.79. The van der Waals surface area contributed by atoms with Gasteiger partial charge in [0.15, 0.2) is 5.82 Å². The number of hydrogen-bond acceptors (Lipinski definition) is 5. The second-order valence-corrected chi connectivity index (χ2v) is 6.00. The van der Waals surface area contributed by atoms with Crippen LogP contribution in [0.25, 0.3) is 11.5 Å². The van der Waals surface area contributed by atoms with Crippen molar-refractivity contribution in [1.29, 1.82) is 0 Å². The van der Waals surface area contributed by atoms with Gasteiger partial charge in [-0.3, -0.25) is 0 Å². The summed E-state index contributed by atoms with van der Waals surface area (Å²) in [5.74, 6) is 0.936. The third kappa shape index (κ3) is 3.68. The van der Waals surface area contributed by atoms with E-state index in [0.29, 0.717) is 18.3 Å². The van der Waals surface area contributed by atoms with Crippen molar-refractivity contribution < 1.29 is 9.26 Å². The first-order valence-corrected chi connectivity index (χ1v) is 7.12. The average molecular weight is 289 g/mol. The number of benzene rings is 1. The van der Waals surface area contributed by atoms with Gasteiger partial charge >= 0.3 is 0 Å². The van der Waals surface area contributed by atoms with Gasteiger partial charge in [0, 0.05) is 5.56 Å². The van der Waals surface area contributed by atoms with Crippen LogP contribution in [0.4, 0.5) is 0 Å². The second kappa shape index (κ2) is 5.95. The molecule has 0 radical (unpaired) electrons. The molecule has 0 fully saturated rings. The van der Waals surface area contributed by atoms with Crippen molar-refractivity contribution in [3.05, 3.63) is 35.2 Å². The molecule has 0 aliphatic heterocycles. The molecule has 2 rings (SSSR count). The van der Waals surface area contributed by atoms with Gasteiger partial charge in [-0.2, -0.15) is 4.98 Å². The van der Waals surface area contributed by atoms with Gasteiger partial charge in [0.1, 0.15) is 5.54 Å². The number of aromatic nitrogens is 2. The largest absolute Gasteiger partial charge is 0.376 e. The van der Waals surface area contributed by atoms with E-state index in [2.05, 4.69) is 24.0 Å². The van der Waals surface area contributed by atoms with E-state index in [1.54, 1.807) is 0 Å². The Kier molecular flexibility index (Phi) is 4.44. The van der Waals surface area contributed by atoms with Crippen LogP contribution in [-0.4, -0.2) is 22.9 Å². The highest BCUT2D eigenvalue weighted by atomic mass is 16.5. The summed E-state index contributed by atoms with van der Waals surface area (Å²) in [4.78, 5) is 4.42. The van der Waals surface area contributed by atoms with Crippen molar-refractivity contribution in [3.8, 4) is 11.5 Å². The molecule has 0 bridgehead atoms. The van der Waals surface area contributed by atoms with E-state index in [-0.39, 0.29) is 6.10 Å². The molecule has 114 valence electrons. The Morgan fingerprint density at radius 2 is 2.00 bits per heavy atom. The Bertz CT molecular complexity index is 618. The van der Waals surface area contributed by atoms with Gasteiger partial charge in [-0.25, -0.2) is 0 Å². The summed E-state index contributed by atoms with van der Waals surface area (Å²) < 4.78 is 10.9. The van der Waals surface area contributed by atoms with Gasteiger partial charge in [-0.15, -0.1) is 0 Å². The molecule has 0 saturated heterocycles. The third-order valence-electron chi connectivity index (χ3n) is 3.41. The maximum atomic E-state index is 6.22. The SMILES string of the molecule is Cc1ccc(-c2nc(C(C)(N)COC(C)C)no2)cc1C. The monoisotopic (exact) mass is 289 g/mol. The van der Waals surface area contributed by atoms with E-state index in [1.165, 1.54) is 11.1 Å². The number of rotatable bonds is 5. The molecule has 0 aliphatic carbocycles. The first kappa shape index (κ1) is 15.7. The molecular weight excluding hydrogens is 266 g/mol. The number of hydrogen-bond donors (Lipinski definition) is 1. The van der Waals surface area contributed by atoms with Crippen LogP contribution < -0.4 is 5.73 Å². The lowest BCUT2D eigenvalue weighted by molar-refractivity contribution is 0.0410. The summed E-state index contributed by atoms with van der Waals surface area (Å²) in [7, 11) is 0. The average Bonchev–Trinajstić information content (AvgIpc) is 2.90. The molecule has 1 unspecified atom stereocenters. The molecule has 1 aromatic carbocycles. The highest BCUT2D eigenvalue weighted by Crippen LogP contribution is 2.23. The lowest BCUT2D eigenvalue weighted by atomic mass is 10.0. The highest BCUT2D eigenvalue weighted by Gasteiger charge is 2.28.